The van der Waals surface area contributed by atoms with Crippen LogP contribution in [-0.2, 0) is 17.8 Å². The van der Waals surface area contributed by atoms with Gasteiger partial charge in [-0.1, -0.05) is 18.2 Å². The highest BCUT2D eigenvalue weighted by Gasteiger charge is 2.30. The van der Waals surface area contributed by atoms with Crippen LogP contribution in [0.5, 0.6) is 0 Å². The minimum Gasteiger partial charge on any atom is -0.311 e. The fraction of sp³-hybridized carbons (Fsp3) is 0.471. The van der Waals surface area contributed by atoms with Gasteiger partial charge in [0.1, 0.15) is 12.7 Å². The molecule has 1 saturated heterocycles. The van der Waals surface area contributed by atoms with Crippen molar-refractivity contribution in [3.05, 3.63) is 42.5 Å². The van der Waals surface area contributed by atoms with Crippen LogP contribution in [0.3, 0.4) is 0 Å². The fourth-order valence-corrected chi connectivity index (χ4v) is 3.71. The molecular formula is C17H21N5O. The zero-order chi connectivity index (χ0) is 15.6. The minimum atomic E-state index is 0.209. The molecule has 2 aromatic rings. The summed E-state index contributed by atoms with van der Waals surface area (Å²) in [7, 11) is 0. The number of carbonyl (C=O) groups excluding carboxylic acids is 1. The lowest BCUT2D eigenvalue weighted by Crippen LogP contribution is -2.43. The third-order valence-corrected chi connectivity index (χ3v) is 4.89. The zero-order valence-electron chi connectivity index (χ0n) is 13.1. The van der Waals surface area contributed by atoms with E-state index in [0.717, 1.165) is 44.6 Å². The van der Waals surface area contributed by atoms with Gasteiger partial charge < -0.3 is 4.90 Å². The number of hydrogen-bond donors (Lipinski definition) is 0. The molecule has 6 nitrogen and oxygen atoms in total. The molecule has 120 valence electrons. The number of benzene rings is 1. The molecule has 1 aromatic heterocycles. The molecule has 2 aliphatic heterocycles. The van der Waals surface area contributed by atoms with Crippen molar-refractivity contribution in [3.8, 4) is 0 Å². The summed E-state index contributed by atoms with van der Waals surface area (Å²) >= 11 is 0. The molecule has 0 bridgehead atoms. The predicted octanol–water partition coefficient (Wildman–Crippen LogP) is 1.33. The summed E-state index contributed by atoms with van der Waals surface area (Å²) in [5.41, 5.74) is 2.37. The Hall–Kier alpha value is -2.21. The second-order valence-corrected chi connectivity index (χ2v) is 6.31. The van der Waals surface area contributed by atoms with Gasteiger partial charge in [-0.3, -0.25) is 14.4 Å². The SMILES string of the molecule is O=C(CN1CCC[C@H]1Cn1cncn1)N1CCc2ccccc21. The van der Waals surface area contributed by atoms with Crippen molar-refractivity contribution >= 4 is 11.6 Å². The summed E-state index contributed by atoms with van der Waals surface area (Å²) in [5.74, 6) is 0.209. The molecule has 0 saturated carbocycles. The Morgan fingerprint density at radius 1 is 1.26 bits per heavy atom. The molecule has 0 aliphatic carbocycles. The van der Waals surface area contributed by atoms with Gasteiger partial charge in [0.25, 0.3) is 0 Å². The Kier molecular flexibility index (Phi) is 3.83. The van der Waals surface area contributed by atoms with Gasteiger partial charge in [-0.25, -0.2) is 4.98 Å². The van der Waals surface area contributed by atoms with Gasteiger partial charge in [0.15, 0.2) is 0 Å². The maximum atomic E-state index is 12.8. The van der Waals surface area contributed by atoms with Crippen LogP contribution in [0.25, 0.3) is 0 Å². The van der Waals surface area contributed by atoms with Crippen molar-refractivity contribution in [1.29, 1.82) is 0 Å². The summed E-state index contributed by atoms with van der Waals surface area (Å²) in [6, 6.07) is 8.59. The van der Waals surface area contributed by atoms with E-state index in [4.69, 9.17) is 0 Å². The van der Waals surface area contributed by atoms with Crippen molar-refractivity contribution in [2.24, 2.45) is 0 Å². The van der Waals surface area contributed by atoms with E-state index in [0.29, 0.717) is 12.6 Å². The highest BCUT2D eigenvalue weighted by Crippen LogP contribution is 2.28. The molecule has 0 spiro atoms. The lowest BCUT2D eigenvalue weighted by Gasteiger charge is -2.26. The van der Waals surface area contributed by atoms with Crippen LogP contribution in [0.1, 0.15) is 18.4 Å². The standard InChI is InChI=1S/C17H21N5O/c23-17(22-9-7-14-4-1-2-6-16(14)22)11-20-8-3-5-15(20)10-21-13-18-12-19-21/h1-2,4,6,12-13,15H,3,5,7-11H2/t15-/m0/s1. The zero-order valence-corrected chi connectivity index (χ0v) is 13.1. The van der Waals surface area contributed by atoms with E-state index in [1.165, 1.54) is 5.56 Å². The van der Waals surface area contributed by atoms with E-state index in [9.17, 15) is 4.79 Å². The van der Waals surface area contributed by atoms with Gasteiger partial charge in [0.2, 0.25) is 5.91 Å². The number of amides is 1. The molecule has 6 heteroatoms. The van der Waals surface area contributed by atoms with Crippen LogP contribution in [-0.4, -0.2) is 51.2 Å². The number of hydrogen-bond acceptors (Lipinski definition) is 4. The van der Waals surface area contributed by atoms with Crippen LogP contribution in [0.4, 0.5) is 5.69 Å². The van der Waals surface area contributed by atoms with E-state index < -0.39 is 0 Å². The van der Waals surface area contributed by atoms with E-state index in [-0.39, 0.29) is 5.91 Å². The largest absolute Gasteiger partial charge is 0.311 e. The maximum Gasteiger partial charge on any atom is 0.241 e. The Balaban J connectivity index is 1.42. The Bertz CT molecular complexity index is 684. The van der Waals surface area contributed by atoms with E-state index >= 15 is 0 Å². The van der Waals surface area contributed by atoms with Gasteiger partial charge in [-0.15, -0.1) is 0 Å². The number of likely N-dealkylation sites (tertiary alicyclic amines) is 1. The van der Waals surface area contributed by atoms with Crippen LogP contribution in [0.2, 0.25) is 0 Å². The number of fused-ring (bicyclic) bond motifs is 1. The molecule has 4 rings (SSSR count). The molecule has 23 heavy (non-hydrogen) atoms. The third-order valence-electron chi connectivity index (χ3n) is 4.89. The molecule has 0 radical (unpaired) electrons. The van der Waals surface area contributed by atoms with Gasteiger partial charge in [0, 0.05) is 18.3 Å². The summed E-state index contributed by atoms with van der Waals surface area (Å²) in [5, 5.41) is 4.18. The first-order valence-electron chi connectivity index (χ1n) is 8.26. The Morgan fingerprint density at radius 3 is 3.04 bits per heavy atom. The second kappa shape index (κ2) is 6.12. The fourth-order valence-electron chi connectivity index (χ4n) is 3.71. The number of rotatable bonds is 4. The Morgan fingerprint density at radius 2 is 2.17 bits per heavy atom. The number of aromatic nitrogens is 3. The topological polar surface area (TPSA) is 54.3 Å². The summed E-state index contributed by atoms with van der Waals surface area (Å²) in [6.07, 6.45) is 6.53. The second-order valence-electron chi connectivity index (χ2n) is 6.31. The first kappa shape index (κ1) is 14.4. The van der Waals surface area contributed by atoms with Crippen molar-refractivity contribution in [2.45, 2.75) is 31.8 Å². The molecule has 0 unspecified atom stereocenters. The molecule has 0 N–H and O–H groups in total. The minimum absolute atomic E-state index is 0.209. The van der Waals surface area contributed by atoms with Gasteiger partial charge in [-0.05, 0) is 37.4 Å². The molecule has 1 aromatic carbocycles. The predicted molar refractivity (Wildman–Crippen MR) is 87.1 cm³/mol. The summed E-state index contributed by atoms with van der Waals surface area (Å²) in [6.45, 7) is 3.10. The number of carbonyl (C=O) groups is 1. The van der Waals surface area contributed by atoms with Crippen molar-refractivity contribution in [1.82, 2.24) is 19.7 Å². The summed E-state index contributed by atoms with van der Waals surface area (Å²) in [4.78, 5) is 21.0. The third kappa shape index (κ3) is 2.86. The molecule has 2 aliphatic rings. The van der Waals surface area contributed by atoms with Crippen LogP contribution in [0.15, 0.2) is 36.9 Å². The maximum absolute atomic E-state index is 12.8. The Labute approximate surface area is 135 Å². The average molecular weight is 311 g/mol. The van der Waals surface area contributed by atoms with Crippen LogP contribution >= 0.6 is 0 Å². The first-order valence-corrected chi connectivity index (χ1v) is 8.26. The van der Waals surface area contributed by atoms with Gasteiger partial charge in [0.05, 0.1) is 13.1 Å². The smallest absolute Gasteiger partial charge is 0.241 e. The van der Waals surface area contributed by atoms with E-state index in [2.05, 4.69) is 27.1 Å². The van der Waals surface area contributed by atoms with Crippen LogP contribution < -0.4 is 4.90 Å². The lowest BCUT2D eigenvalue weighted by molar-refractivity contribution is -0.119. The van der Waals surface area contributed by atoms with Crippen molar-refractivity contribution in [2.75, 3.05) is 24.5 Å². The number of nitrogens with zero attached hydrogens (tertiary/aromatic N) is 5. The lowest BCUT2D eigenvalue weighted by atomic mass is 10.2. The molecule has 1 atom stereocenters. The van der Waals surface area contributed by atoms with Crippen molar-refractivity contribution < 1.29 is 4.79 Å². The molecule has 1 fully saturated rings. The van der Waals surface area contributed by atoms with E-state index in [1.807, 2.05) is 21.7 Å². The van der Waals surface area contributed by atoms with Crippen LogP contribution in [0, 0.1) is 0 Å². The highest BCUT2D eigenvalue weighted by atomic mass is 16.2. The quantitative estimate of drug-likeness (QED) is 0.855. The number of para-hydroxylation sites is 1. The normalized spacial score (nSPS) is 20.9. The number of anilines is 1. The molecular weight excluding hydrogens is 290 g/mol. The molecule has 1 amide bonds. The highest BCUT2D eigenvalue weighted by molar-refractivity contribution is 5.96. The monoisotopic (exact) mass is 311 g/mol. The van der Waals surface area contributed by atoms with Gasteiger partial charge >= 0.3 is 0 Å². The summed E-state index contributed by atoms with van der Waals surface area (Å²) < 4.78 is 1.86. The average Bonchev–Trinajstić information content (AvgIpc) is 3.29. The van der Waals surface area contributed by atoms with Gasteiger partial charge in [-0.2, -0.15) is 5.10 Å². The first-order chi connectivity index (χ1) is 11.3. The van der Waals surface area contributed by atoms with Crippen molar-refractivity contribution in [3.63, 3.8) is 0 Å². The van der Waals surface area contributed by atoms with E-state index in [1.54, 1.807) is 12.7 Å². The molecule has 3 heterocycles.